The number of aliphatic hydroxyl groups excluding tert-OH is 1. The summed E-state index contributed by atoms with van der Waals surface area (Å²) in [5.74, 6) is 0. The third kappa shape index (κ3) is 2.37. The predicted molar refractivity (Wildman–Crippen MR) is 60.2 cm³/mol. The molecule has 14 heavy (non-hydrogen) atoms. The van der Waals surface area contributed by atoms with Crippen molar-refractivity contribution in [3.63, 3.8) is 0 Å². The summed E-state index contributed by atoms with van der Waals surface area (Å²) in [7, 11) is 0. The molecule has 3 atom stereocenters. The summed E-state index contributed by atoms with van der Waals surface area (Å²) in [6.45, 7) is 10.2. The van der Waals surface area contributed by atoms with Crippen LogP contribution in [-0.4, -0.2) is 23.3 Å². The number of nitrogens with one attached hydrogen (secondary N) is 1. The quantitative estimate of drug-likeness (QED) is 0.661. The summed E-state index contributed by atoms with van der Waals surface area (Å²) >= 11 is 0. The molecule has 1 aliphatic rings. The lowest BCUT2D eigenvalue weighted by molar-refractivity contribution is -0.0754. The predicted octanol–water partition coefficient (Wildman–Crippen LogP) is 2.09. The van der Waals surface area contributed by atoms with Gasteiger partial charge in [0.05, 0.1) is 6.10 Å². The Bertz CT molecular complexity index is 200. The van der Waals surface area contributed by atoms with Gasteiger partial charge in [-0.1, -0.05) is 19.9 Å². The Kier molecular flexibility index (Phi) is 3.73. The second-order valence-corrected chi connectivity index (χ2v) is 5.06. The molecule has 0 aromatic carbocycles. The van der Waals surface area contributed by atoms with Crippen molar-refractivity contribution >= 4 is 0 Å². The normalized spacial score (nSPS) is 32.0. The molecule has 1 fully saturated rings. The van der Waals surface area contributed by atoms with Crippen LogP contribution in [-0.2, 0) is 0 Å². The molecule has 0 heterocycles. The monoisotopic (exact) mass is 197 g/mol. The number of hydrogen-bond acceptors (Lipinski definition) is 2. The van der Waals surface area contributed by atoms with Gasteiger partial charge in [-0.05, 0) is 26.2 Å². The lowest BCUT2D eigenvalue weighted by atomic mass is 9.64. The fourth-order valence-electron chi connectivity index (χ4n) is 1.98. The van der Waals surface area contributed by atoms with Crippen LogP contribution in [0.4, 0.5) is 0 Å². The van der Waals surface area contributed by atoms with E-state index in [1.165, 1.54) is 0 Å². The van der Waals surface area contributed by atoms with E-state index in [4.69, 9.17) is 0 Å². The summed E-state index contributed by atoms with van der Waals surface area (Å²) in [4.78, 5) is 0. The van der Waals surface area contributed by atoms with Gasteiger partial charge >= 0.3 is 0 Å². The standard InChI is InChI=1S/C12H23NO/c1-5-6-7-9(2)13-10-8-11(14)12(10,3)4/h5,9-11,13-14H,1,6-8H2,2-4H3. The molecule has 2 heteroatoms. The van der Waals surface area contributed by atoms with Crippen molar-refractivity contribution < 1.29 is 5.11 Å². The average molecular weight is 197 g/mol. The van der Waals surface area contributed by atoms with Crippen LogP contribution in [0.25, 0.3) is 0 Å². The van der Waals surface area contributed by atoms with Crippen LogP contribution in [0.5, 0.6) is 0 Å². The van der Waals surface area contributed by atoms with Gasteiger partial charge < -0.3 is 10.4 Å². The average Bonchev–Trinajstić information content (AvgIpc) is 2.14. The molecule has 1 saturated carbocycles. The molecule has 0 saturated heterocycles. The van der Waals surface area contributed by atoms with Gasteiger partial charge in [-0.15, -0.1) is 6.58 Å². The molecule has 0 radical (unpaired) electrons. The maximum Gasteiger partial charge on any atom is 0.0621 e. The highest BCUT2D eigenvalue weighted by Gasteiger charge is 2.47. The van der Waals surface area contributed by atoms with Crippen molar-refractivity contribution in [2.24, 2.45) is 5.41 Å². The Labute approximate surface area is 87.4 Å². The number of hydrogen-bond donors (Lipinski definition) is 2. The third-order valence-electron chi connectivity index (χ3n) is 3.51. The summed E-state index contributed by atoms with van der Waals surface area (Å²) in [6, 6.07) is 0.988. The van der Waals surface area contributed by atoms with Crippen molar-refractivity contribution in [3.05, 3.63) is 12.7 Å². The highest BCUT2D eigenvalue weighted by molar-refractivity contribution is 5.02. The Morgan fingerprint density at radius 3 is 2.71 bits per heavy atom. The van der Waals surface area contributed by atoms with E-state index < -0.39 is 0 Å². The van der Waals surface area contributed by atoms with Crippen molar-refractivity contribution in [2.45, 2.75) is 58.2 Å². The summed E-state index contributed by atoms with van der Waals surface area (Å²) < 4.78 is 0. The molecule has 0 spiro atoms. The van der Waals surface area contributed by atoms with Crippen molar-refractivity contribution in [1.29, 1.82) is 0 Å². The summed E-state index contributed by atoms with van der Waals surface area (Å²) in [5, 5.41) is 13.1. The number of aliphatic hydroxyl groups is 1. The van der Waals surface area contributed by atoms with Crippen LogP contribution in [0, 0.1) is 5.41 Å². The van der Waals surface area contributed by atoms with E-state index in [0.717, 1.165) is 19.3 Å². The second kappa shape index (κ2) is 4.45. The van der Waals surface area contributed by atoms with Crippen LogP contribution in [0.1, 0.15) is 40.0 Å². The van der Waals surface area contributed by atoms with E-state index in [9.17, 15) is 5.11 Å². The molecule has 1 aliphatic carbocycles. The minimum atomic E-state index is -0.133. The number of rotatable bonds is 5. The summed E-state index contributed by atoms with van der Waals surface area (Å²) in [6.07, 6.45) is 4.91. The smallest absolute Gasteiger partial charge is 0.0621 e. The largest absolute Gasteiger partial charge is 0.392 e. The van der Waals surface area contributed by atoms with Crippen molar-refractivity contribution in [2.75, 3.05) is 0 Å². The molecule has 2 nitrogen and oxygen atoms in total. The second-order valence-electron chi connectivity index (χ2n) is 5.06. The molecular formula is C12H23NO. The van der Waals surface area contributed by atoms with Crippen LogP contribution < -0.4 is 5.32 Å². The summed E-state index contributed by atoms with van der Waals surface area (Å²) in [5.41, 5.74) is 0.0441. The molecular weight excluding hydrogens is 174 g/mol. The molecule has 0 aromatic rings. The van der Waals surface area contributed by atoms with E-state index in [0.29, 0.717) is 12.1 Å². The molecule has 0 bridgehead atoms. The number of allylic oxidation sites excluding steroid dienone is 1. The van der Waals surface area contributed by atoms with Crippen LogP contribution in [0.3, 0.4) is 0 Å². The van der Waals surface area contributed by atoms with Crippen molar-refractivity contribution in [1.82, 2.24) is 5.32 Å². The van der Waals surface area contributed by atoms with Crippen LogP contribution in [0.15, 0.2) is 12.7 Å². The Morgan fingerprint density at radius 2 is 2.29 bits per heavy atom. The zero-order chi connectivity index (χ0) is 10.8. The minimum absolute atomic E-state index is 0.0441. The first-order valence-electron chi connectivity index (χ1n) is 5.53. The van der Waals surface area contributed by atoms with E-state index in [-0.39, 0.29) is 11.5 Å². The lowest BCUT2D eigenvalue weighted by Crippen LogP contribution is -2.61. The molecule has 1 rings (SSSR count). The zero-order valence-corrected chi connectivity index (χ0v) is 9.59. The molecule has 82 valence electrons. The molecule has 0 aliphatic heterocycles. The fraction of sp³-hybridized carbons (Fsp3) is 0.833. The fourth-order valence-corrected chi connectivity index (χ4v) is 1.98. The van der Waals surface area contributed by atoms with E-state index in [1.807, 2.05) is 6.08 Å². The van der Waals surface area contributed by atoms with Gasteiger partial charge in [0.25, 0.3) is 0 Å². The van der Waals surface area contributed by atoms with Gasteiger partial charge in [0.2, 0.25) is 0 Å². The van der Waals surface area contributed by atoms with Gasteiger partial charge in [0, 0.05) is 17.5 Å². The first kappa shape index (κ1) is 11.7. The Morgan fingerprint density at radius 1 is 1.64 bits per heavy atom. The molecule has 0 aromatic heterocycles. The molecule has 0 amide bonds. The Hall–Kier alpha value is -0.340. The molecule has 3 unspecified atom stereocenters. The first-order valence-corrected chi connectivity index (χ1v) is 5.53. The highest BCUT2D eigenvalue weighted by atomic mass is 16.3. The van der Waals surface area contributed by atoms with Gasteiger partial charge in [-0.2, -0.15) is 0 Å². The SMILES string of the molecule is C=CCCC(C)NC1CC(O)C1(C)C. The Balaban J connectivity index is 2.28. The van der Waals surface area contributed by atoms with Gasteiger partial charge in [0.15, 0.2) is 0 Å². The van der Waals surface area contributed by atoms with Crippen LogP contribution >= 0.6 is 0 Å². The van der Waals surface area contributed by atoms with Crippen molar-refractivity contribution in [3.8, 4) is 0 Å². The van der Waals surface area contributed by atoms with E-state index in [2.05, 4.69) is 32.7 Å². The highest BCUT2D eigenvalue weighted by Crippen LogP contribution is 2.40. The zero-order valence-electron chi connectivity index (χ0n) is 9.59. The van der Waals surface area contributed by atoms with Gasteiger partial charge in [-0.25, -0.2) is 0 Å². The first-order chi connectivity index (χ1) is 6.48. The van der Waals surface area contributed by atoms with E-state index in [1.54, 1.807) is 0 Å². The van der Waals surface area contributed by atoms with Gasteiger partial charge in [0.1, 0.15) is 0 Å². The van der Waals surface area contributed by atoms with Gasteiger partial charge in [-0.3, -0.25) is 0 Å². The maximum atomic E-state index is 9.58. The minimum Gasteiger partial charge on any atom is -0.392 e. The third-order valence-corrected chi connectivity index (χ3v) is 3.51. The topological polar surface area (TPSA) is 32.3 Å². The molecule has 2 N–H and O–H groups in total. The maximum absolute atomic E-state index is 9.58. The lowest BCUT2D eigenvalue weighted by Gasteiger charge is -2.50. The van der Waals surface area contributed by atoms with Crippen LogP contribution in [0.2, 0.25) is 0 Å². The van der Waals surface area contributed by atoms with E-state index >= 15 is 0 Å².